The lowest BCUT2D eigenvalue weighted by Gasteiger charge is -2.32. The van der Waals surface area contributed by atoms with Gasteiger partial charge in [-0.3, -0.25) is 0 Å². The zero-order chi connectivity index (χ0) is 14.8. The Balaban J connectivity index is 1.97. The van der Waals surface area contributed by atoms with Crippen LogP contribution in [-0.4, -0.2) is 31.1 Å². The number of piperidine rings is 1. The Morgan fingerprint density at radius 3 is 2.45 bits per heavy atom. The molecule has 2 atom stereocenters. The van der Waals surface area contributed by atoms with E-state index >= 15 is 0 Å². The summed E-state index contributed by atoms with van der Waals surface area (Å²) in [7, 11) is 2.09. The van der Waals surface area contributed by atoms with Gasteiger partial charge in [-0.2, -0.15) is 13.2 Å². The topological polar surface area (TPSA) is 15.3 Å². The van der Waals surface area contributed by atoms with E-state index in [-0.39, 0.29) is 6.04 Å². The molecule has 2 unspecified atom stereocenters. The third-order valence-corrected chi connectivity index (χ3v) is 3.85. The summed E-state index contributed by atoms with van der Waals surface area (Å²) in [4.78, 5) is 2.28. The first kappa shape index (κ1) is 15.3. The molecule has 1 heterocycles. The van der Waals surface area contributed by atoms with E-state index < -0.39 is 11.7 Å². The average molecular weight is 286 g/mol. The van der Waals surface area contributed by atoms with Gasteiger partial charge in [-0.1, -0.05) is 12.1 Å². The Morgan fingerprint density at radius 2 is 1.90 bits per heavy atom. The van der Waals surface area contributed by atoms with Crippen molar-refractivity contribution in [2.24, 2.45) is 0 Å². The maximum absolute atomic E-state index is 12.5. The van der Waals surface area contributed by atoms with Gasteiger partial charge in [-0.25, -0.2) is 0 Å². The molecule has 0 bridgehead atoms. The third-order valence-electron chi connectivity index (χ3n) is 3.85. The molecule has 2 nitrogen and oxygen atoms in total. The maximum atomic E-state index is 12.5. The van der Waals surface area contributed by atoms with Gasteiger partial charge < -0.3 is 10.2 Å². The fourth-order valence-electron chi connectivity index (χ4n) is 2.71. The Labute approximate surface area is 118 Å². The van der Waals surface area contributed by atoms with Crippen LogP contribution in [0.15, 0.2) is 24.3 Å². The van der Waals surface area contributed by atoms with Crippen LogP contribution in [0.3, 0.4) is 0 Å². The first-order valence-electron chi connectivity index (χ1n) is 6.98. The third kappa shape index (κ3) is 3.96. The van der Waals surface area contributed by atoms with Crippen molar-refractivity contribution >= 4 is 0 Å². The molecule has 0 radical (unpaired) electrons. The smallest absolute Gasteiger partial charge is 0.306 e. The summed E-state index contributed by atoms with van der Waals surface area (Å²) in [5, 5.41) is 3.50. The molecule has 1 aromatic rings. The number of rotatable bonds is 3. The molecule has 1 aromatic carbocycles. The van der Waals surface area contributed by atoms with Gasteiger partial charge >= 0.3 is 6.18 Å². The molecule has 0 aliphatic carbocycles. The van der Waals surface area contributed by atoms with Gasteiger partial charge in [0.1, 0.15) is 0 Å². The predicted octanol–water partition coefficient (Wildman–Crippen LogP) is 3.45. The van der Waals surface area contributed by atoms with Crippen molar-refractivity contribution in [3.8, 4) is 0 Å². The molecule has 1 fully saturated rings. The SMILES string of the molecule is CC(NC1CCCN(C)C1)c1ccc(C(F)(F)F)cc1. The minimum absolute atomic E-state index is 0.0637. The minimum atomic E-state index is -4.26. The molecule has 1 aliphatic rings. The quantitative estimate of drug-likeness (QED) is 0.915. The number of hydrogen-bond donors (Lipinski definition) is 1. The average Bonchev–Trinajstić information content (AvgIpc) is 2.38. The van der Waals surface area contributed by atoms with Crippen LogP contribution in [0.2, 0.25) is 0 Å². The highest BCUT2D eigenvalue weighted by molar-refractivity contribution is 5.26. The second-order valence-corrected chi connectivity index (χ2v) is 5.61. The minimum Gasteiger partial charge on any atom is -0.306 e. The van der Waals surface area contributed by atoms with Crippen molar-refractivity contribution in [1.82, 2.24) is 10.2 Å². The van der Waals surface area contributed by atoms with Gasteiger partial charge in [0, 0.05) is 18.6 Å². The van der Waals surface area contributed by atoms with E-state index in [4.69, 9.17) is 0 Å². The van der Waals surface area contributed by atoms with Crippen LogP contribution < -0.4 is 5.32 Å². The summed E-state index contributed by atoms with van der Waals surface area (Å²) in [5.74, 6) is 0. The van der Waals surface area contributed by atoms with Gasteiger partial charge in [-0.05, 0) is 51.1 Å². The molecule has 2 rings (SSSR count). The highest BCUT2D eigenvalue weighted by Crippen LogP contribution is 2.30. The summed E-state index contributed by atoms with van der Waals surface area (Å²) in [6.07, 6.45) is -1.98. The van der Waals surface area contributed by atoms with Gasteiger partial charge in [0.2, 0.25) is 0 Å². The summed E-state index contributed by atoms with van der Waals surface area (Å²) < 4.78 is 37.5. The summed E-state index contributed by atoms with van der Waals surface area (Å²) in [6, 6.07) is 5.90. The number of alkyl halides is 3. The lowest BCUT2D eigenvalue weighted by molar-refractivity contribution is -0.137. The molecule has 5 heteroatoms. The number of likely N-dealkylation sites (N-methyl/N-ethyl adjacent to an activating group) is 1. The molecule has 0 spiro atoms. The fraction of sp³-hybridized carbons (Fsp3) is 0.600. The Kier molecular flexibility index (Phi) is 4.70. The van der Waals surface area contributed by atoms with Gasteiger partial charge in [-0.15, -0.1) is 0 Å². The highest BCUT2D eigenvalue weighted by atomic mass is 19.4. The molecule has 0 amide bonds. The number of likely N-dealkylation sites (tertiary alicyclic amines) is 1. The molecule has 1 saturated heterocycles. The van der Waals surface area contributed by atoms with E-state index in [0.717, 1.165) is 43.6 Å². The Morgan fingerprint density at radius 1 is 1.25 bits per heavy atom. The highest BCUT2D eigenvalue weighted by Gasteiger charge is 2.30. The molecule has 1 aliphatic heterocycles. The van der Waals surface area contributed by atoms with Crippen molar-refractivity contribution in [2.45, 2.75) is 38.0 Å². The van der Waals surface area contributed by atoms with E-state index in [1.54, 1.807) is 12.1 Å². The van der Waals surface area contributed by atoms with E-state index in [9.17, 15) is 13.2 Å². The van der Waals surface area contributed by atoms with E-state index in [1.165, 1.54) is 0 Å². The normalized spacial score (nSPS) is 22.8. The van der Waals surface area contributed by atoms with Crippen LogP contribution >= 0.6 is 0 Å². The van der Waals surface area contributed by atoms with Crippen molar-refractivity contribution in [3.63, 3.8) is 0 Å². The van der Waals surface area contributed by atoms with Crippen molar-refractivity contribution in [1.29, 1.82) is 0 Å². The number of halogens is 3. The van der Waals surface area contributed by atoms with E-state index in [2.05, 4.69) is 17.3 Å². The van der Waals surface area contributed by atoms with E-state index in [0.29, 0.717) is 6.04 Å². The van der Waals surface area contributed by atoms with E-state index in [1.807, 2.05) is 6.92 Å². The van der Waals surface area contributed by atoms with Crippen molar-refractivity contribution < 1.29 is 13.2 Å². The Bertz CT molecular complexity index is 428. The summed E-state index contributed by atoms with van der Waals surface area (Å²) >= 11 is 0. The van der Waals surface area contributed by atoms with Gasteiger partial charge in [0.05, 0.1) is 5.56 Å². The van der Waals surface area contributed by atoms with Crippen LogP contribution in [-0.2, 0) is 6.18 Å². The number of benzene rings is 1. The maximum Gasteiger partial charge on any atom is 0.416 e. The van der Waals surface area contributed by atoms with Gasteiger partial charge in [0.15, 0.2) is 0 Å². The molecule has 20 heavy (non-hydrogen) atoms. The number of hydrogen-bond acceptors (Lipinski definition) is 2. The second-order valence-electron chi connectivity index (χ2n) is 5.61. The molecule has 0 saturated carbocycles. The van der Waals surface area contributed by atoms with Crippen LogP contribution in [0.4, 0.5) is 13.2 Å². The predicted molar refractivity (Wildman–Crippen MR) is 73.5 cm³/mol. The molecule has 1 N–H and O–H groups in total. The standard InChI is InChI=1S/C15H21F3N2/c1-11(19-14-4-3-9-20(2)10-14)12-5-7-13(8-6-12)15(16,17)18/h5-8,11,14,19H,3-4,9-10H2,1-2H3. The van der Waals surface area contributed by atoms with Crippen LogP contribution in [0.5, 0.6) is 0 Å². The zero-order valence-corrected chi connectivity index (χ0v) is 11.9. The summed E-state index contributed by atoms with van der Waals surface area (Å²) in [6.45, 7) is 4.11. The van der Waals surface area contributed by atoms with Crippen LogP contribution in [0, 0.1) is 0 Å². The largest absolute Gasteiger partial charge is 0.416 e. The molecule has 0 aromatic heterocycles. The number of nitrogens with one attached hydrogen (secondary N) is 1. The monoisotopic (exact) mass is 286 g/mol. The van der Waals surface area contributed by atoms with Crippen LogP contribution in [0.25, 0.3) is 0 Å². The molecular weight excluding hydrogens is 265 g/mol. The van der Waals surface area contributed by atoms with Gasteiger partial charge in [0.25, 0.3) is 0 Å². The zero-order valence-electron chi connectivity index (χ0n) is 11.9. The first-order chi connectivity index (χ1) is 9.36. The first-order valence-corrected chi connectivity index (χ1v) is 6.98. The lowest BCUT2D eigenvalue weighted by atomic mass is 10.0. The lowest BCUT2D eigenvalue weighted by Crippen LogP contribution is -2.44. The van der Waals surface area contributed by atoms with Crippen molar-refractivity contribution in [3.05, 3.63) is 35.4 Å². The molecular formula is C15H21F3N2. The fourth-order valence-corrected chi connectivity index (χ4v) is 2.71. The van der Waals surface area contributed by atoms with Crippen molar-refractivity contribution in [2.75, 3.05) is 20.1 Å². The summed E-state index contributed by atoms with van der Waals surface area (Å²) in [5.41, 5.74) is 0.303. The Hall–Kier alpha value is -1.07. The van der Waals surface area contributed by atoms with Crippen LogP contribution in [0.1, 0.15) is 36.9 Å². The number of nitrogens with zero attached hydrogens (tertiary/aromatic N) is 1. The second kappa shape index (κ2) is 6.14. The molecule has 112 valence electrons.